The SMILES string of the molecule is COC(=O)CCNC(=O)[C@@H]1O[PH](O)(N2CCCCC2)OCC1(C)C. The van der Waals surface area contributed by atoms with E-state index in [1.807, 2.05) is 18.5 Å². The number of piperidine rings is 1. The molecule has 2 fully saturated rings. The van der Waals surface area contributed by atoms with Gasteiger partial charge in [0.25, 0.3) is 0 Å². The van der Waals surface area contributed by atoms with Crippen LogP contribution in [0.1, 0.15) is 39.5 Å². The van der Waals surface area contributed by atoms with E-state index >= 15 is 0 Å². The molecular formula is C15H29N2O6P. The van der Waals surface area contributed by atoms with E-state index < -0.39 is 19.6 Å². The normalized spacial score (nSPS) is 27.9. The molecule has 0 unspecified atom stereocenters. The van der Waals surface area contributed by atoms with Crippen LogP contribution in [0.25, 0.3) is 0 Å². The molecule has 2 heterocycles. The van der Waals surface area contributed by atoms with Gasteiger partial charge in [-0.1, -0.05) is 0 Å². The number of rotatable bonds is 5. The van der Waals surface area contributed by atoms with Gasteiger partial charge in [-0.25, -0.2) is 0 Å². The van der Waals surface area contributed by atoms with Crippen molar-refractivity contribution in [2.24, 2.45) is 5.41 Å². The van der Waals surface area contributed by atoms with Gasteiger partial charge in [0.05, 0.1) is 0 Å². The molecular weight excluding hydrogens is 335 g/mol. The third-order valence-corrected chi connectivity index (χ3v) is 6.77. The number of hydrogen-bond acceptors (Lipinski definition) is 7. The first-order valence-electron chi connectivity index (χ1n) is 8.42. The Morgan fingerprint density at radius 2 is 2.00 bits per heavy atom. The van der Waals surface area contributed by atoms with Gasteiger partial charge in [0.1, 0.15) is 0 Å². The first-order chi connectivity index (χ1) is 11.3. The molecule has 0 aromatic carbocycles. The standard InChI is InChI=1S/C15H29N2O6P/c1-15(2)11-22-24(20,17-9-5-4-6-10-17)23-13(15)14(19)16-8-7-12(18)21-3/h13,20,24H,4-11H2,1-3H3,(H,16,19)/t13-/m0/s1. The van der Waals surface area contributed by atoms with Crippen molar-refractivity contribution in [2.45, 2.75) is 45.6 Å². The van der Waals surface area contributed by atoms with Gasteiger partial charge < -0.3 is 0 Å². The van der Waals surface area contributed by atoms with Gasteiger partial charge in [0.15, 0.2) is 0 Å². The zero-order chi connectivity index (χ0) is 17.8. The molecule has 2 aliphatic heterocycles. The van der Waals surface area contributed by atoms with Crippen LogP contribution in [0.2, 0.25) is 0 Å². The van der Waals surface area contributed by atoms with Gasteiger partial charge in [-0.15, -0.1) is 0 Å². The van der Waals surface area contributed by atoms with Crippen molar-refractivity contribution in [3.05, 3.63) is 0 Å². The number of nitrogens with one attached hydrogen (secondary N) is 1. The quantitative estimate of drug-likeness (QED) is 0.555. The summed E-state index contributed by atoms with van der Waals surface area (Å²) in [7, 11) is -2.23. The van der Waals surface area contributed by atoms with Crippen LogP contribution in [0.4, 0.5) is 0 Å². The van der Waals surface area contributed by atoms with Crippen molar-refractivity contribution >= 4 is 20.0 Å². The van der Waals surface area contributed by atoms with Gasteiger partial charge in [0.2, 0.25) is 0 Å². The van der Waals surface area contributed by atoms with E-state index in [2.05, 4.69) is 10.1 Å². The molecule has 0 spiro atoms. The van der Waals surface area contributed by atoms with Crippen LogP contribution in [0.3, 0.4) is 0 Å². The maximum absolute atomic E-state index is 12.5. The number of nitrogens with zero attached hydrogens (tertiary/aromatic N) is 1. The molecule has 0 aliphatic carbocycles. The molecule has 140 valence electrons. The summed E-state index contributed by atoms with van der Waals surface area (Å²) in [5.74, 6) is -0.725. The number of carbonyl (C=O) groups excluding carboxylic acids is 2. The molecule has 0 radical (unpaired) electrons. The van der Waals surface area contributed by atoms with Crippen LogP contribution in [-0.2, 0) is 23.4 Å². The third-order valence-electron chi connectivity index (χ3n) is 4.46. The molecule has 9 heteroatoms. The van der Waals surface area contributed by atoms with Crippen molar-refractivity contribution in [1.29, 1.82) is 0 Å². The van der Waals surface area contributed by atoms with E-state index in [9.17, 15) is 14.5 Å². The molecule has 1 amide bonds. The van der Waals surface area contributed by atoms with E-state index in [1.54, 1.807) is 0 Å². The summed E-state index contributed by atoms with van der Waals surface area (Å²) in [6, 6.07) is 0. The topological polar surface area (TPSA) is 97.3 Å². The van der Waals surface area contributed by atoms with E-state index in [4.69, 9.17) is 9.05 Å². The van der Waals surface area contributed by atoms with E-state index in [-0.39, 0.29) is 31.4 Å². The van der Waals surface area contributed by atoms with Crippen LogP contribution >= 0.6 is 8.09 Å². The molecule has 0 bridgehead atoms. The zero-order valence-electron chi connectivity index (χ0n) is 14.7. The van der Waals surface area contributed by atoms with Gasteiger partial charge in [0, 0.05) is 0 Å². The van der Waals surface area contributed by atoms with E-state index in [1.165, 1.54) is 7.11 Å². The number of amides is 1. The summed E-state index contributed by atoms with van der Waals surface area (Å²) in [5, 5.41) is 2.69. The fourth-order valence-electron chi connectivity index (χ4n) is 2.94. The van der Waals surface area contributed by atoms with E-state index in [0.717, 1.165) is 32.4 Å². The van der Waals surface area contributed by atoms with Crippen molar-refractivity contribution in [3.8, 4) is 0 Å². The van der Waals surface area contributed by atoms with Crippen LogP contribution in [0.5, 0.6) is 0 Å². The Balaban J connectivity index is 1.99. The molecule has 2 rings (SSSR count). The molecule has 2 N–H and O–H groups in total. The monoisotopic (exact) mass is 364 g/mol. The Labute approximate surface area is 143 Å². The Morgan fingerprint density at radius 3 is 2.62 bits per heavy atom. The Morgan fingerprint density at radius 1 is 1.33 bits per heavy atom. The predicted octanol–water partition coefficient (Wildman–Crippen LogP) is 0.995. The molecule has 0 saturated carbocycles. The van der Waals surface area contributed by atoms with Gasteiger partial charge in [-0.3, -0.25) is 0 Å². The number of carbonyl (C=O) groups is 2. The first kappa shape index (κ1) is 19.5. The molecule has 2 saturated heterocycles. The van der Waals surface area contributed by atoms with Crippen molar-refractivity contribution in [2.75, 3.05) is 33.4 Å². The minimum atomic E-state index is -3.54. The minimum absolute atomic E-state index is 0.0969. The van der Waals surface area contributed by atoms with Crippen LogP contribution in [0.15, 0.2) is 0 Å². The summed E-state index contributed by atoms with van der Waals surface area (Å²) >= 11 is 0. The summed E-state index contributed by atoms with van der Waals surface area (Å²) < 4.78 is 18.0. The number of hydrogen-bond donors (Lipinski definition) is 2. The average molecular weight is 364 g/mol. The predicted molar refractivity (Wildman–Crippen MR) is 90.2 cm³/mol. The van der Waals surface area contributed by atoms with Crippen molar-refractivity contribution in [3.63, 3.8) is 0 Å². The van der Waals surface area contributed by atoms with Crippen LogP contribution in [-0.4, -0.2) is 60.9 Å². The molecule has 1 atom stereocenters. The molecule has 0 aromatic heterocycles. The maximum atomic E-state index is 12.5. The number of ether oxygens (including phenoxy) is 1. The molecule has 2 aliphatic rings. The van der Waals surface area contributed by atoms with Gasteiger partial charge >= 0.3 is 143 Å². The number of esters is 1. The average Bonchev–Trinajstić information content (AvgIpc) is 2.57. The Bertz CT molecular complexity index is 469. The first-order valence-corrected chi connectivity index (χ1v) is 10.1. The Kier molecular flexibility index (Phi) is 6.56. The van der Waals surface area contributed by atoms with Crippen LogP contribution in [0, 0.1) is 5.41 Å². The second kappa shape index (κ2) is 8.06. The summed E-state index contributed by atoms with van der Waals surface area (Å²) in [6.07, 6.45) is 2.38. The van der Waals surface area contributed by atoms with Crippen molar-refractivity contribution in [1.82, 2.24) is 9.99 Å². The summed E-state index contributed by atoms with van der Waals surface area (Å²) in [6.45, 7) is 5.59. The van der Waals surface area contributed by atoms with Gasteiger partial charge in [-0.2, -0.15) is 0 Å². The molecule has 0 aromatic rings. The fourth-order valence-corrected chi connectivity index (χ4v) is 5.51. The second-order valence-electron chi connectivity index (χ2n) is 6.99. The molecule has 8 nitrogen and oxygen atoms in total. The zero-order valence-corrected chi connectivity index (χ0v) is 15.7. The third kappa shape index (κ3) is 4.64. The summed E-state index contributed by atoms with van der Waals surface area (Å²) in [5.41, 5.74) is -0.565. The summed E-state index contributed by atoms with van der Waals surface area (Å²) in [4.78, 5) is 34.5. The van der Waals surface area contributed by atoms with Crippen molar-refractivity contribution < 1.29 is 28.3 Å². The fraction of sp³-hybridized carbons (Fsp3) is 0.867. The Hall–Kier alpha value is -0.790. The van der Waals surface area contributed by atoms with Gasteiger partial charge in [-0.05, 0) is 0 Å². The second-order valence-corrected chi connectivity index (χ2v) is 9.24. The van der Waals surface area contributed by atoms with E-state index in [0.29, 0.717) is 0 Å². The molecule has 24 heavy (non-hydrogen) atoms. The van der Waals surface area contributed by atoms with Crippen LogP contribution < -0.4 is 5.32 Å². The number of methoxy groups -OCH3 is 1.